The molecule has 8 nitrogen and oxygen atoms in total. The number of ketones is 1. The van der Waals surface area contributed by atoms with E-state index in [0.717, 1.165) is 10.9 Å². The lowest BCUT2D eigenvalue weighted by molar-refractivity contribution is -0.139. The number of hydrogen-bond donors (Lipinski definition) is 1. The Hall–Kier alpha value is -3.94. The van der Waals surface area contributed by atoms with Gasteiger partial charge in [-0.25, -0.2) is 0 Å². The number of carbonyl (C=O) groups is 4. The number of nitrogens with one attached hydrogen (secondary N) is 1. The molecule has 0 radical (unpaired) electrons. The van der Waals surface area contributed by atoms with Gasteiger partial charge in [0.15, 0.2) is 11.5 Å². The van der Waals surface area contributed by atoms with Crippen LogP contribution >= 0.6 is 0 Å². The number of Topliss-reactive ketones (excluding diaryl/α,β-unsaturated/α-hetero) is 1. The fourth-order valence-corrected chi connectivity index (χ4v) is 6.51. The molecule has 8 heteroatoms. The highest BCUT2D eigenvalue weighted by Gasteiger charge is 2.66. The van der Waals surface area contributed by atoms with Crippen molar-refractivity contribution in [2.45, 2.75) is 51.2 Å². The number of furan rings is 1. The van der Waals surface area contributed by atoms with Crippen LogP contribution in [0.25, 0.3) is 11.0 Å². The van der Waals surface area contributed by atoms with Crippen molar-refractivity contribution in [3.05, 3.63) is 71.5 Å². The molecule has 0 bridgehead atoms. The molecule has 38 heavy (non-hydrogen) atoms. The first kappa shape index (κ1) is 24.4. The van der Waals surface area contributed by atoms with Crippen molar-refractivity contribution in [3.63, 3.8) is 0 Å². The molecule has 4 atom stereocenters. The highest BCUT2D eigenvalue weighted by Crippen LogP contribution is 2.51. The number of likely N-dealkylation sites (tertiary alicyclic amines) is 2. The summed E-state index contributed by atoms with van der Waals surface area (Å²) in [7, 11) is 0. The third kappa shape index (κ3) is 3.65. The summed E-state index contributed by atoms with van der Waals surface area (Å²) in [5.74, 6) is -0.704. The monoisotopic (exact) mass is 513 g/mol. The van der Waals surface area contributed by atoms with Crippen LogP contribution in [0.15, 0.2) is 59.0 Å². The molecule has 3 aromatic rings. The molecule has 3 heterocycles. The SMILES string of the molecule is Cc1c(C(=O)NC2(C(=O)N3CC[C@@H]4[C@H]3C(=O)CN4C(=O)c3ccccc3)CC2C(C)C)oc2ccccc12. The molecule has 3 amide bonds. The minimum atomic E-state index is -1.09. The van der Waals surface area contributed by atoms with Gasteiger partial charge >= 0.3 is 0 Å². The first-order chi connectivity index (χ1) is 18.2. The van der Waals surface area contributed by atoms with Crippen molar-refractivity contribution >= 4 is 34.5 Å². The predicted octanol–water partition coefficient (Wildman–Crippen LogP) is 3.58. The second kappa shape index (κ2) is 8.82. The molecule has 6 rings (SSSR count). The quantitative estimate of drug-likeness (QED) is 0.562. The van der Waals surface area contributed by atoms with Crippen LogP contribution in [0.1, 0.15) is 53.2 Å². The molecule has 0 spiro atoms. The lowest BCUT2D eigenvalue weighted by Crippen LogP contribution is -2.55. The number of benzene rings is 2. The van der Waals surface area contributed by atoms with E-state index >= 15 is 0 Å². The fraction of sp³-hybridized carbons (Fsp3) is 0.400. The number of hydrogen-bond acceptors (Lipinski definition) is 5. The topological polar surface area (TPSA) is 99.9 Å². The van der Waals surface area contributed by atoms with Crippen molar-refractivity contribution in [2.24, 2.45) is 11.8 Å². The van der Waals surface area contributed by atoms with E-state index < -0.39 is 17.5 Å². The van der Waals surface area contributed by atoms with Crippen LogP contribution in [0, 0.1) is 18.8 Å². The van der Waals surface area contributed by atoms with Gasteiger partial charge in [-0.1, -0.05) is 50.2 Å². The predicted molar refractivity (Wildman–Crippen MR) is 140 cm³/mol. The summed E-state index contributed by atoms with van der Waals surface area (Å²) in [6.45, 7) is 6.25. The maximum atomic E-state index is 14.1. The molecule has 196 valence electrons. The number of para-hydroxylation sites is 1. The first-order valence-electron chi connectivity index (χ1n) is 13.2. The van der Waals surface area contributed by atoms with Crippen LogP contribution in [0.3, 0.4) is 0 Å². The highest BCUT2D eigenvalue weighted by molar-refractivity contribution is 6.06. The van der Waals surface area contributed by atoms with Gasteiger partial charge in [0.25, 0.3) is 11.8 Å². The summed E-state index contributed by atoms with van der Waals surface area (Å²) in [5.41, 5.74) is 0.777. The third-order valence-corrected chi connectivity index (χ3v) is 8.55. The Labute approximate surface area is 221 Å². The molecule has 2 unspecified atom stereocenters. The molecule has 3 fully saturated rings. The lowest BCUT2D eigenvalue weighted by Gasteiger charge is -2.29. The first-order valence-corrected chi connectivity index (χ1v) is 13.2. The van der Waals surface area contributed by atoms with Crippen LogP contribution in [-0.2, 0) is 9.59 Å². The summed E-state index contributed by atoms with van der Waals surface area (Å²) >= 11 is 0. The highest BCUT2D eigenvalue weighted by atomic mass is 16.3. The zero-order valence-corrected chi connectivity index (χ0v) is 21.8. The summed E-state index contributed by atoms with van der Waals surface area (Å²) in [6.07, 6.45) is 1.03. The van der Waals surface area contributed by atoms with E-state index in [9.17, 15) is 19.2 Å². The number of nitrogens with zero attached hydrogens (tertiary/aromatic N) is 2. The lowest BCUT2D eigenvalue weighted by atomic mass is 10.0. The van der Waals surface area contributed by atoms with Gasteiger partial charge in [0.1, 0.15) is 17.2 Å². The number of amides is 3. The van der Waals surface area contributed by atoms with Crippen LogP contribution in [0.5, 0.6) is 0 Å². The molecule has 1 saturated carbocycles. The number of aryl methyl sites for hydroxylation is 1. The van der Waals surface area contributed by atoms with Gasteiger partial charge in [0.05, 0.1) is 12.6 Å². The van der Waals surface area contributed by atoms with E-state index in [0.29, 0.717) is 30.5 Å². The Balaban J connectivity index is 1.26. The van der Waals surface area contributed by atoms with Gasteiger partial charge in [0, 0.05) is 23.1 Å². The molecule has 2 aliphatic heterocycles. The standard InChI is InChI=1S/C30H31N3O5/c1-17(2)21-15-30(21,31-27(35)26-18(3)20-11-7-8-12-24(20)38-26)29(37)32-14-13-22-25(32)23(34)16-33(22)28(36)19-9-5-4-6-10-19/h4-12,17,21-22,25H,13-16H2,1-3H3,(H,31,35)/t21?,22-,25+,30?/m1/s1. The molecular weight excluding hydrogens is 482 g/mol. The molecule has 1 N–H and O–H groups in total. The zero-order valence-electron chi connectivity index (χ0n) is 21.8. The van der Waals surface area contributed by atoms with E-state index in [-0.39, 0.29) is 47.8 Å². The van der Waals surface area contributed by atoms with Gasteiger partial charge in [-0.15, -0.1) is 0 Å². The van der Waals surface area contributed by atoms with E-state index in [2.05, 4.69) is 5.32 Å². The average Bonchev–Trinajstić information content (AvgIpc) is 3.18. The van der Waals surface area contributed by atoms with Gasteiger partial charge < -0.3 is 19.5 Å². The number of carbonyl (C=O) groups excluding carboxylic acids is 4. The second-order valence-corrected chi connectivity index (χ2v) is 11.1. The van der Waals surface area contributed by atoms with Crippen LogP contribution in [0.2, 0.25) is 0 Å². The molecule has 1 aliphatic carbocycles. The largest absolute Gasteiger partial charge is 0.451 e. The van der Waals surface area contributed by atoms with Crippen LogP contribution in [0.4, 0.5) is 0 Å². The van der Waals surface area contributed by atoms with E-state index in [1.807, 2.05) is 51.1 Å². The van der Waals surface area contributed by atoms with Crippen molar-refractivity contribution in [3.8, 4) is 0 Å². The van der Waals surface area contributed by atoms with Crippen LogP contribution in [-0.4, -0.2) is 64.0 Å². The Kier molecular flexibility index (Phi) is 5.67. The van der Waals surface area contributed by atoms with Gasteiger partial charge in [-0.2, -0.15) is 0 Å². The average molecular weight is 514 g/mol. The minimum Gasteiger partial charge on any atom is -0.451 e. The van der Waals surface area contributed by atoms with E-state index in [4.69, 9.17) is 4.42 Å². The Morgan fingerprint density at radius 1 is 1.03 bits per heavy atom. The molecule has 2 aromatic carbocycles. The zero-order chi connectivity index (χ0) is 26.8. The fourth-order valence-electron chi connectivity index (χ4n) is 6.51. The Morgan fingerprint density at radius 3 is 2.42 bits per heavy atom. The van der Waals surface area contributed by atoms with Gasteiger partial charge in [-0.3, -0.25) is 19.2 Å². The summed E-state index contributed by atoms with van der Waals surface area (Å²) in [6, 6.07) is 15.3. The summed E-state index contributed by atoms with van der Waals surface area (Å²) in [5, 5.41) is 3.89. The maximum Gasteiger partial charge on any atom is 0.288 e. The van der Waals surface area contributed by atoms with Crippen molar-refractivity contribution in [1.29, 1.82) is 0 Å². The van der Waals surface area contributed by atoms with Crippen LogP contribution < -0.4 is 5.32 Å². The molecule has 2 saturated heterocycles. The smallest absolute Gasteiger partial charge is 0.288 e. The third-order valence-electron chi connectivity index (χ3n) is 8.55. The number of rotatable bonds is 5. The van der Waals surface area contributed by atoms with Crippen molar-refractivity contribution in [2.75, 3.05) is 13.1 Å². The normalized spacial score (nSPS) is 26.2. The second-order valence-electron chi connectivity index (χ2n) is 11.1. The van der Waals surface area contributed by atoms with Crippen molar-refractivity contribution < 1.29 is 23.6 Å². The van der Waals surface area contributed by atoms with Crippen molar-refractivity contribution in [1.82, 2.24) is 15.1 Å². The summed E-state index contributed by atoms with van der Waals surface area (Å²) < 4.78 is 5.87. The van der Waals surface area contributed by atoms with Gasteiger partial charge in [0.2, 0.25) is 5.91 Å². The summed E-state index contributed by atoms with van der Waals surface area (Å²) in [4.78, 5) is 57.2. The maximum absolute atomic E-state index is 14.1. The molecular formula is C30H31N3O5. The molecule has 3 aliphatic rings. The minimum absolute atomic E-state index is 0.0159. The number of fused-ring (bicyclic) bond motifs is 2. The van der Waals surface area contributed by atoms with Gasteiger partial charge in [-0.05, 0) is 49.8 Å². The Morgan fingerprint density at radius 2 is 1.74 bits per heavy atom. The van der Waals surface area contributed by atoms with E-state index in [1.54, 1.807) is 34.1 Å². The Bertz CT molecular complexity index is 1460. The van der Waals surface area contributed by atoms with E-state index in [1.165, 1.54) is 0 Å². The molecule has 1 aromatic heterocycles.